The molecular formula is C11H18BNO2. The highest BCUT2D eigenvalue weighted by molar-refractivity contribution is 6.55. The maximum atomic E-state index is 5.95. The molecule has 0 atom stereocenters. The van der Waals surface area contributed by atoms with Gasteiger partial charge in [0.15, 0.2) is 0 Å². The lowest BCUT2D eigenvalue weighted by atomic mass is 9.75. The average molecular weight is 207 g/mol. The lowest BCUT2D eigenvalue weighted by molar-refractivity contribution is 0.00578. The van der Waals surface area contributed by atoms with Crippen molar-refractivity contribution in [3.63, 3.8) is 0 Å². The summed E-state index contributed by atoms with van der Waals surface area (Å²) in [6.07, 6.45) is 4.87. The second-order valence-corrected chi connectivity index (χ2v) is 5.12. The van der Waals surface area contributed by atoms with Gasteiger partial charge in [0.25, 0.3) is 0 Å². The molecule has 0 radical (unpaired) electrons. The topological polar surface area (TPSA) is 30.8 Å². The van der Waals surface area contributed by atoms with Gasteiger partial charge in [-0.25, -0.2) is 0 Å². The van der Waals surface area contributed by atoms with Gasteiger partial charge in [0, 0.05) is 12.6 Å². The van der Waals surface area contributed by atoms with E-state index in [0.29, 0.717) is 0 Å². The Labute approximate surface area is 91.7 Å². The molecule has 1 saturated heterocycles. The Morgan fingerprint density at radius 3 is 2.27 bits per heavy atom. The van der Waals surface area contributed by atoms with Crippen LogP contribution in [0.5, 0.6) is 0 Å². The van der Waals surface area contributed by atoms with Crippen LogP contribution < -0.4 is 0 Å². The van der Waals surface area contributed by atoms with Gasteiger partial charge in [-0.15, -0.1) is 0 Å². The van der Waals surface area contributed by atoms with Gasteiger partial charge in [0.1, 0.15) is 0 Å². The minimum absolute atomic E-state index is 0.193. The second kappa shape index (κ2) is 3.46. The molecule has 2 rings (SSSR count). The van der Waals surface area contributed by atoms with E-state index in [-0.39, 0.29) is 18.3 Å². The van der Waals surface area contributed by atoms with Crippen molar-refractivity contribution in [2.24, 2.45) is 4.99 Å². The molecule has 0 bridgehead atoms. The molecule has 0 saturated carbocycles. The first-order valence-electron chi connectivity index (χ1n) is 5.45. The highest BCUT2D eigenvalue weighted by Gasteiger charge is 2.52. The predicted octanol–water partition coefficient (Wildman–Crippen LogP) is 2.02. The molecule has 82 valence electrons. The zero-order valence-corrected chi connectivity index (χ0v) is 9.91. The Balaban J connectivity index is 2.12. The number of dihydropyridines is 1. The summed E-state index contributed by atoms with van der Waals surface area (Å²) in [5.41, 5.74) is 0.712. The molecule has 3 nitrogen and oxygen atoms in total. The molecule has 4 heteroatoms. The van der Waals surface area contributed by atoms with Crippen LogP contribution in [-0.2, 0) is 9.31 Å². The Hall–Kier alpha value is -0.605. The molecule has 2 aliphatic heterocycles. The summed E-state index contributed by atoms with van der Waals surface area (Å²) in [4.78, 5) is 4.16. The molecular weight excluding hydrogens is 189 g/mol. The number of allylic oxidation sites excluding steroid dienone is 1. The van der Waals surface area contributed by atoms with Crippen LogP contribution in [0.4, 0.5) is 0 Å². The molecule has 2 aliphatic rings. The van der Waals surface area contributed by atoms with Crippen molar-refractivity contribution in [1.29, 1.82) is 0 Å². The maximum absolute atomic E-state index is 5.95. The van der Waals surface area contributed by atoms with Crippen LogP contribution in [0.2, 0.25) is 0 Å². The van der Waals surface area contributed by atoms with Crippen LogP contribution >= 0.6 is 0 Å². The number of rotatable bonds is 1. The van der Waals surface area contributed by atoms with Gasteiger partial charge in [-0.2, -0.15) is 0 Å². The summed E-state index contributed by atoms with van der Waals surface area (Å²) in [6, 6.07) is 0. The van der Waals surface area contributed by atoms with Crippen LogP contribution in [0.15, 0.2) is 16.5 Å². The Morgan fingerprint density at radius 1 is 1.20 bits per heavy atom. The van der Waals surface area contributed by atoms with Crippen molar-refractivity contribution in [2.75, 3.05) is 6.54 Å². The summed E-state index contributed by atoms with van der Waals surface area (Å²) in [6.45, 7) is 9.04. The van der Waals surface area contributed by atoms with Crippen molar-refractivity contribution in [1.82, 2.24) is 0 Å². The van der Waals surface area contributed by atoms with E-state index in [2.05, 4.69) is 38.8 Å². The Morgan fingerprint density at radius 2 is 1.80 bits per heavy atom. The van der Waals surface area contributed by atoms with Gasteiger partial charge in [0.2, 0.25) is 0 Å². The second-order valence-electron chi connectivity index (χ2n) is 5.12. The quantitative estimate of drug-likeness (QED) is 0.616. The summed E-state index contributed by atoms with van der Waals surface area (Å²) in [5.74, 6) is 0. The SMILES string of the molecule is CC1(C)OB(C2=CCN=CC2)OC1(C)C. The number of hydrogen-bond donors (Lipinski definition) is 0. The van der Waals surface area contributed by atoms with Crippen molar-refractivity contribution in [3.05, 3.63) is 11.5 Å². The van der Waals surface area contributed by atoms with Gasteiger partial charge >= 0.3 is 7.12 Å². The number of aliphatic imine (C=N–C) groups is 1. The van der Waals surface area contributed by atoms with Crippen molar-refractivity contribution >= 4 is 13.3 Å². The lowest BCUT2D eigenvalue weighted by Crippen LogP contribution is -2.41. The summed E-state index contributed by atoms with van der Waals surface area (Å²) in [7, 11) is -0.193. The first-order valence-corrected chi connectivity index (χ1v) is 5.45. The van der Waals surface area contributed by atoms with E-state index >= 15 is 0 Å². The Kier molecular flexibility index (Phi) is 2.51. The van der Waals surface area contributed by atoms with E-state index in [9.17, 15) is 0 Å². The fourth-order valence-corrected chi connectivity index (χ4v) is 1.68. The molecule has 0 aromatic carbocycles. The van der Waals surface area contributed by atoms with E-state index in [1.165, 1.54) is 5.47 Å². The van der Waals surface area contributed by atoms with Crippen LogP contribution in [0, 0.1) is 0 Å². The molecule has 2 heterocycles. The predicted molar refractivity (Wildman–Crippen MR) is 62.1 cm³/mol. The van der Waals surface area contributed by atoms with Crippen molar-refractivity contribution < 1.29 is 9.31 Å². The molecule has 0 aromatic rings. The third kappa shape index (κ3) is 1.88. The van der Waals surface area contributed by atoms with Gasteiger partial charge in [-0.05, 0) is 33.2 Å². The third-order valence-corrected chi connectivity index (χ3v) is 3.47. The maximum Gasteiger partial charge on any atom is 0.490 e. The fraction of sp³-hybridized carbons (Fsp3) is 0.727. The van der Waals surface area contributed by atoms with Gasteiger partial charge in [-0.3, -0.25) is 4.99 Å². The van der Waals surface area contributed by atoms with Gasteiger partial charge < -0.3 is 9.31 Å². The number of hydrogen-bond acceptors (Lipinski definition) is 3. The zero-order valence-electron chi connectivity index (χ0n) is 9.91. The number of nitrogens with zero attached hydrogens (tertiary/aromatic N) is 1. The Bertz CT molecular complexity index is 305. The largest absolute Gasteiger partial charge is 0.490 e. The first-order chi connectivity index (χ1) is 6.92. The summed E-state index contributed by atoms with van der Waals surface area (Å²) in [5, 5.41) is 0. The van der Waals surface area contributed by atoms with E-state index in [4.69, 9.17) is 9.31 Å². The van der Waals surface area contributed by atoms with Crippen LogP contribution in [0.25, 0.3) is 0 Å². The molecule has 1 fully saturated rings. The normalized spacial score (nSPS) is 28.0. The van der Waals surface area contributed by atoms with Crippen molar-refractivity contribution in [3.8, 4) is 0 Å². The molecule has 0 unspecified atom stereocenters. The minimum atomic E-state index is -0.243. The smallest absolute Gasteiger partial charge is 0.400 e. The zero-order chi connectivity index (χ0) is 11.1. The van der Waals surface area contributed by atoms with E-state index in [1.54, 1.807) is 0 Å². The molecule has 0 amide bonds. The molecule has 15 heavy (non-hydrogen) atoms. The van der Waals surface area contributed by atoms with E-state index < -0.39 is 0 Å². The van der Waals surface area contributed by atoms with Crippen LogP contribution in [-0.4, -0.2) is 31.1 Å². The van der Waals surface area contributed by atoms with E-state index in [0.717, 1.165) is 13.0 Å². The van der Waals surface area contributed by atoms with Crippen LogP contribution in [0.1, 0.15) is 34.1 Å². The highest BCUT2D eigenvalue weighted by Crippen LogP contribution is 2.39. The monoisotopic (exact) mass is 207 g/mol. The molecule has 0 aromatic heterocycles. The summed E-state index contributed by atoms with van der Waals surface area (Å²) >= 11 is 0. The van der Waals surface area contributed by atoms with Crippen LogP contribution in [0.3, 0.4) is 0 Å². The van der Waals surface area contributed by atoms with Crippen molar-refractivity contribution in [2.45, 2.75) is 45.3 Å². The lowest BCUT2D eigenvalue weighted by Gasteiger charge is -2.32. The highest BCUT2D eigenvalue weighted by atomic mass is 16.7. The average Bonchev–Trinajstić information content (AvgIpc) is 2.38. The first kappa shape index (κ1) is 10.9. The van der Waals surface area contributed by atoms with Gasteiger partial charge in [0.05, 0.1) is 17.7 Å². The minimum Gasteiger partial charge on any atom is -0.400 e. The standard InChI is InChI=1S/C11H18BNO2/c1-10(2)11(3,4)15-12(14-10)9-5-7-13-8-6-9/h5,8H,6-7H2,1-4H3. The molecule has 0 aliphatic carbocycles. The fourth-order valence-electron chi connectivity index (χ4n) is 1.68. The van der Waals surface area contributed by atoms with E-state index in [1.807, 2.05) is 6.21 Å². The molecule has 0 spiro atoms. The third-order valence-electron chi connectivity index (χ3n) is 3.47. The molecule has 0 N–H and O–H groups in total. The summed E-state index contributed by atoms with van der Waals surface area (Å²) < 4.78 is 11.9. The van der Waals surface area contributed by atoms with Gasteiger partial charge in [-0.1, -0.05) is 6.08 Å².